The van der Waals surface area contributed by atoms with Crippen molar-refractivity contribution in [2.45, 2.75) is 70.8 Å². The molecule has 0 aliphatic heterocycles. The maximum atomic E-state index is 13.1. The summed E-state index contributed by atoms with van der Waals surface area (Å²) >= 11 is 0. The minimum Gasteiger partial charge on any atom is -0.497 e. The zero-order valence-corrected chi connectivity index (χ0v) is 18.5. The first-order valence-corrected chi connectivity index (χ1v) is 11.1. The number of esters is 1. The molecule has 0 atom stereocenters. The number of ether oxygens (including phenoxy) is 2. The number of nitrogens with zero attached hydrogens (tertiary/aromatic N) is 1. The van der Waals surface area contributed by atoms with Crippen LogP contribution in [0.1, 0.15) is 79.9 Å². The Hall–Kier alpha value is -2.50. The number of amides is 1. The van der Waals surface area contributed by atoms with Gasteiger partial charge in [0.05, 0.1) is 19.8 Å². The third-order valence-corrected chi connectivity index (χ3v) is 6.19. The smallest absolute Gasteiger partial charge is 0.305 e. The molecule has 3 rings (SSSR count). The Morgan fingerprint density at radius 3 is 2.57 bits per heavy atom. The molecule has 1 aromatic heterocycles. The maximum Gasteiger partial charge on any atom is 0.305 e. The Labute approximate surface area is 178 Å². The van der Waals surface area contributed by atoms with Gasteiger partial charge in [0.25, 0.3) is 5.91 Å². The molecule has 6 nitrogen and oxygen atoms in total. The molecule has 1 aliphatic rings. The van der Waals surface area contributed by atoms with Crippen LogP contribution >= 0.6 is 0 Å². The molecule has 6 heteroatoms. The second-order valence-corrected chi connectivity index (χ2v) is 8.15. The standard InChI is InChI=1S/C24H34N2O4/c1-17-23(24(28)25-15-9-5-8-12-22(27)30-3)20-16-19(29-2)13-14-21(20)26(17)18-10-6-4-7-11-18/h13-14,16,18H,4-12,15H2,1-3H3,(H,25,28). The molecular weight excluding hydrogens is 380 g/mol. The molecule has 0 bridgehead atoms. The van der Waals surface area contributed by atoms with Gasteiger partial charge in [-0.25, -0.2) is 0 Å². The molecule has 0 saturated heterocycles. The Morgan fingerprint density at radius 1 is 1.10 bits per heavy atom. The second kappa shape index (κ2) is 10.5. The van der Waals surface area contributed by atoms with Crippen LogP contribution < -0.4 is 10.1 Å². The van der Waals surface area contributed by atoms with E-state index in [1.165, 1.54) is 26.4 Å². The monoisotopic (exact) mass is 414 g/mol. The summed E-state index contributed by atoms with van der Waals surface area (Å²) in [5.41, 5.74) is 2.90. The van der Waals surface area contributed by atoms with Crippen LogP contribution in [0, 0.1) is 6.92 Å². The van der Waals surface area contributed by atoms with Gasteiger partial charge in [0.1, 0.15) is 5.75 Å². The van der Waals surface area contributed by atoms with E-state index in [0.29, 0.717) is 19.0 Å². The fourth-order valence-electron chi connectivity index (χ4n) is 4.61. The molecule has 2 aromatic rings. The van der Waals surface area contributed by atoms with Crippen LogP contribution in [0.5, 0.6) is 5.75 Å². The van der Waals surface area contributed by atoms with Crippen molar-refractivity contribution in [1.29, 1.82) is 0 Å². The number of hydrogen-bond donors (Lipinski definition) is 1. The highest BCUT2D eigenvalue weighted by Crippen LogP contribution is 2.37. The van der Waals surface area contributed by atoms with Crippen LogP contribution in [0.25, 0.3) is 10.9 Å². The van der Waals surface area contributed by atoms with Crippen LogP contribution in [0.15, 0.2) is 18.2 Å². The van der Waals surface area contributed by atoms with Crippen molar-refractivity contribution in [1.82, 2.24) is 9.88 Å². The maximum absolute atomic E-state index is 13.1. The van der Waals surface area contributed by atoms with Gasteiger partial charge in [-0.2, -0.15) is 0 Å². The van der Waals surface area contributed by atoms with E-state index in [1.807, 2.05) is 12.1 Å². The lowest BCUT2D eigenvalue weighted by atomic mass is 9.95. The predicted octanol–water partition coefficient (Wildman–Crippen LogP) is 4.93. The summed E-state index contributed by atoms with van der Waals surface area (Å²) in [7, 11) is 3.06. The van der Waals surface area contributed by atoms with E-state index in [1.54, 1.807) is 7.11 Å². The summed E-state index contributed by atoms with van der Waals surface area (Å²) in [6, 6.07) is 6.49. The first-order valence-electron chi connectivity index (χ1n) is 11.1. The molecule has 1 aliphatic carbocycles. The van der Waals surface area contributed by atoms with Crippen molar-refractivity contribution in [2.75, 3.05) is 20.8 Å². The fourth-order valence-corrected chi connectivity index (χ4v) is 4.61. The van der Waals surface area contributed by atoms with Crippen LogP contribution in [-0.4, -0.2) is 37.2 Å². The summed E-state index contributed by atoms with van der Waals surface area (Å²) in [6.07, 6.45) is 9.04. The van der Waals surface area contributed by atoms with Crippen LogP contribution in [0.2, 0.25) is 0 Å². The highest BCUT2D eigenvalue weighted by Gasteiger charge is 2.25. The molecule has 0 radical (unpaired) electrons. The number of unbranched alkanes of at least 4 members (excludes halogenated alkanes) is 2. The Bertz CT molecular complexity index is 881. The minimum atomic E-state index is -0.181. The van der Waals surface area contributed by atoms with E-state index in [9.17, 15) is 9.59 Å². The third kappa shape index (κ3) is 4.97. The van der Waals surface area contributed by atoms with E-state index in [-0.39, 0.29) is 11.9 Å². The zero-order chi connectivity index (χ0) is 21.5. The fraction of sp³-hybridized carbons (Fsp3) is 0.583. The molecule has 1 fully saturated rings. The first-order chi connectivity index (χ1) is 14.6. The number of hydrogen-bond acceptors (Lipinski definition) is 4. The van der Waals surface area contributed by atoms with Crippen molar-refractivity contribution in [2.24, 2.45) is 0 Å². The van der Waals surface area contributed by atoms with Gasteiger partial charge >= 0.3 is 5.97 Å². The van der Waals surface area contributed by atoms with Crippen molar-refractivity contribution in [3.63, 3.8) is 0 Å². The molecule has 30 heavy (non-hydrogen) atoms. The summed E-state index contributed by atoms with van der Waals surface area (Å²) in [5, 5.41) is 4.04. The van der Waals surface area contributed by atoms with E-state index >= 15 is 0 Å². The normalized spacial score (nSPS) is 14.6. The van der Waals surface area contributed by atoms with E-state index in [4.69, 9.17) is 4.74 Å². The lowest BCUT2D eigenvalue weighted by molar-refractivity contribution is -0.140. The third-order valence-electron chi connectivity index (χ3n) is 6.19. The van der Waals surface area contributed by atoms with Gasteiger partial charge in [0.2, 0.25) is 0 Å². The quantitative estimate of drug-likeness (QED) is 0.467. The van der Waals surface area contributed by atoms with Crippen molar-refractivity contribution in [3.8, 4) is 5.75 Å². The lowest BCUT2D eigenvalue weighted by Gasteiger charge is -2.26. The summed E-state index contributed by atoms with van der Waals surface area (Å²) in [5.74, 6) is 0.549. The van der Waals surface area contributed by atoms with Crippen molar-refractivity contribution in [3.05, 3.63) is 29.5 Å². The van der Waals surface area contributed by atoms with Gasteiger partial charge in [-0.1, -0.05) is 25.7 Å². The highest BCUT2D eigenvalue weighted by molar-refractivity contribution is 6.08. The topological polar surface area (TPSA) is 69.6 Å². The summed E-state index contributed by atoms with van der Waals surface area (Å²) < 4.78 is 12.5. The molecule has 1 saturated carbocycles. The highest BCUT2D eigenvalue weighted by atomic mass is 16.5. The molecule has 0 unspecified atom stereocenters. The van der Waals surface area contributed by atoms with Crippen molar-refractivity contribution >= 4 is 22.8 Å². The number of fused-ring (bicyclic) bond motifs is 1. The molecule has 164 valence electrons. The Morgan fingerprint density at radius 2 is 1.87 bits per heavy atom. The van der Waals surface area contributed by atoms with Gasteiger partial charge in [0.15, 0.2) is 0 Å². The number of methoxy groups -OCH3 is 2. The van der Waals surface area contributed by atoms with E-state index in [0.717, 1.165) is 60.0 Å². The number of carbonyl (C=O) groups is 2. The average molecular weight is 415 g/mol. The van der Waals surface area contributed by atoms with Crippen molar-refractivity contribution < 1.29 is 19.1 Å². The molecule has 1 N–H and O–H groups in total. The van der Waals surface area contributed by atoms with Gasteiger partial charge in [-0.05, 0) is 50.8 Å². The predicted molar refractivity (Wildman–Crippen MR) is 118 cm³/mol. The number of nitrogens with one attached hydrogen (secondary N) is 1. The number of aromatic nitrogens is 1. The van der Waals surface area contributed by atoms with Crippen LogP contribution in [0.3, 0.4) is 0 Å². The minimum absolute atomic E-state index is 0.0340. The molecule has 0 spiro atoms. The summed E-state index contributed by atoms with van der Waals surface area (Å²) in [4.78, 5) is 24.3. The van der Waals surface area contributed by atoms with Crippen LogP contribution in [0.4, 0.5) is 0 Å². The van der Waals surface area contributed by atoms with Gasteiger partial charge < -0.3 is 19.4 Å². The lowest BCUT2D eigenvalue weighted by Crippen LogP contribution is -2.25. The van der Waals surface area contributed by atoms with E-state index in [2.05, 4.69) is 27.6 Å². The molecule has 1 amide bonds. The van der Waals surface area contributed by atoms with Crippen LogP contribution in [-0.2, 0) is 9.53 Å². The summed E-state index contributed by atoms with van der Waals surface area (Å²) in [6.45, 7) is 2.66. The Kier molecular flexibility index (Phi) is 7.77. The number of rotatable bonds is 9. The molecule has 1 heterocycles. The van der Waals surface area contributed by atoms with E-state index < -0.39 is 0 Å². The second-order valence-electron chi connectivity index (χ2n) is 8.15. The largest absolute Gasteiger partial charge is 0.497 e. The van der Waals surface area contributed by atoms with Gasteiger partial charge in [0, 0.05) is 35.6 Å². The average Bonchev–Trinajstić information content (AvgIpc) is 3.07. The zero-order valence-electron chi connectivity index (χ0n) is 18.5. The first kappa shape index (κ1) is 22.2. The number of carbonyl (C=O) groups excluding carboxylic acids is 2. The molecule has 1 aromatic carbocycles. The van der Waals surface area contributed by atoms with Gasteiger partial charge in [-0.3, -0.25) is 9.59 Å². The Balaban J connectivity index is 1.75. The SMILES string of the molecule is COC(=O)CCCCCNC(=O)c1c(C)n(C2CCCCC2)c2ccc(OC)cc12. The van der Waals surface area contributed by atoms with Gasteiger partial charge in [-0.15, -0.1) is 0 Å². The molecular formula is C24H34N2O4. The number of benzene rings is 1.